The Kier molecular flexibility index (Phi) is 4.92. The van der Waals surface area contributed by atoms with Gasteiger partial charge in [-0.15, -0.1) is 0 Å². The maximum absolute atomic E-state index is 12.9. The molecule has 0 heterocycles. The average Bonchev–Trinajstić information content (AvgIpc) is 2.44. The van der Waals surface area contributed by atoms with Crippen LogP contribution in [0.25, 0.3) is 0 Å². The number of amides is 1. The summed E-state index contributed by atoms with van der Waals surface area (Å²) in [5.74, 6) is -4.11. The minimum atomic E-state index is -3.23. The van der Waals surface area contributed by atoms with Crippen LogP contribution < -0.4 is 15.8 Å². The van der Waals surface area contributed by atoms with Crippen LogP contribution in [-0.4, -0.2) is 37.0 Å². The van der Waals surface area contributed by atoms with E-state index in [4.69, 9.17) is 10.5 Å². The number of alkyl halides is 2. The van der Waals surface area contributed by atoms with Crippen molar-refractivity contribution >= 4 is 11.6 Å². The molecule has 1 aromatic carbocycles. The van der Waals surface area contributed by atoms with E-state index in [1.165, 1.54) is 19.2 Å². The molecule has 1 amide bonds. The van der Waals surface area contributed by atoms with Gasteiger partial charge in [0.05, 0.1) is 25.1 Å². The number of nitrogens with two attached hydrogens (primary N) is 1. The lowest BCUT2D eigenvalue weighted by molar-refractivity contribution is -0.385. The minimum Gasteiger partial charge on any atom is -0.490 e. The Hall–Kier alpha value is -2.29. The van der Waals surface area contributed by atoms with Gasteiger partial charge in [-0.3, -0.25) is 14.9 Å². The average molecular weight is 289 g/mol. The lowest BCUT2D eigenvalue weighted by Gasteiger charge is -2.14. The third-order valence-corrected chi connectivity index (χ3v) is 2.44. The van der Waals surface area contributed by atoms with Crippen LogP contribution in [0.3, 0.4) is 0 Å². The second kappa shape index (κ2) is 6.24. The van der Waals surface area contributed by atoms with Crippen molar-refractivity contribution in [3.05, 3.63) is 33.9 Å². The Bertz CT molecular complexity index is 522. The summed E-state index contributed by atoms with van der Waals surface area (Å²) in [6.07, 6.45) is 0. The fraction of sp³-hybridized carbons (Fsp3) is 0.364. The van der Waals surface area contributed by atoms with E-state index in [1.807, 2.05) is 5.32 Å². The zero-order chi connectivity index (χ0) is 15.3. The number of halogens is 2. The summed E-state index contributed by atoms with van der Waals surface area (Å²) >= 11 is 0. The molecule has 0 aromatic heterocycles. The zero-order valence-corrected chi connectivity index (χ0v) is 10.6. The Balaban J connectivity index is 2.89. The van der Waals surface area contributed by atoms with Crippen LogP contribution in [0.1, 0.15) is 10.4 Å². The molecule has 0 saturated heterocycles. The summed E-state index contributed by atoms with van der Waals surface area (Å²) in [6.45, 7) is -1.85. The lowest BCUT2D eigenvalue weighted by Crippen LogP contribution is -2.41. The number of nitrogens with one attached hydrogen (secondary N) is 1. The molecule has 1 aromatic rings. The third kappa shape index (κ3) is 3.85. The highest BCUT2D eigenvalue weighted by molar-refractivity contribution is 5.95. The molecular formula is C11H13F2N3O4. The van der Waals surface area contributed by atoms with E-state index in [0.29, 0.717) is 0 Å². The minimum absolute atomic E-state index is 0.0289. The van der Waals surface area contributed by atoms with Crippen LogP contribution >= 0.6 is 0 Å². The van der Waals surface area contributed by atoms with E-state index in [2.05, 4.69) is 0 Å². The Morgan fingerprint density at radius 1 is 1.55 bits per heavy atom. The van der Waals surface area contributed by atoms with Crippen molar-refractivity contribution in [1.82, 2.24) is 5.32 Å². The molecule has 0 aliphatic carbocycles. The molecule has 20 heavy (non-hydrogen) atoms. The molecule has 110 valence electrons. The highest BCUT2D eigenvalue weighted by Gasteiger charge is 2.27. The third-order valence-electron chi connectivity index (χ3n) is 2.44. The van der Waals surface area contributed by atoms with Crippen molar-refractivity contribution in [2.24, 2.45) is 5.73 Å². The number of nitro groups is 1. The van der Waals surface area contributed by atoms with Crippen LogP contribution in [0.5, 0.6) is 5.75 Å². The van der Waals surface area contributed by atoms with Crippen LogP contribution in [0.15, 0.2) is 18.2 Å². The molecule has 0 fully saturated rings. The molecule has 0 saturated carbocycles. The van der Waals surface area contributed by atoms with E-state index in [9.17, 15) is 23.7 Å². The van der Waals surface area contributed by atoms with Gasteiger partial charge in [0.15, 0.2) is 5.75 Å². The van der Waals surface area contributed by atoms with E-state index >= 15 is 0 Å². The number of nitro benzene ring substituents is 1. The summed E-state index contributed by atoms with van der Waals surface area (Å²) in [5.41, 5.74) is 4.28. The number of hydrogen-bond acceptors (Lipinski definition) is 5. The predicted molar refractivity (Wildman–Crippen MR) is 66.0 cm³/mol. The van der Waals surface area contributed by atoms with Gasteiger partial charge < -0.3 is 15.8 Å². The number of benzene rings is 1. The molecule has 0 bridgehead atoms. The van der Waals surface area contributed by atoms with Gasteiger partial charge in [-0.1, -0.05) is 0 Å². The van der Waals surface area contributed by atoms with Crippen LogP contribution in [-0.2, 0) is 0 Å². The molecule has 0 radical (unpaired) electrons. The van der Waals surface area contributed by atoms with E-state index in [1.54, 1.807) is 0 Å². The highest BCUT2D eigenvalue weighted by Crippen LogP contribution is 2.27. The molecule has 0 aliphatic heterocycles. The summed E-state index contributed by atoms with van der Waals surface area (Å²) in [7, 11) is 1.24. The molecule has 1 rings (SSSR count). The summed E-state index contributed by atoms with van der Waals surface area (Å²) < 4.78 is 30.5. The van der Waals surface area contributed by atoms with Gasteiger partial charge in [-0.05, 0) is 12.1 Å². The number of hydrogen-bond donors (Lipinski definition) is 2. The maximum atomic E-state index is 12.9. The van der Waals surface area contributed by atoms with Crippen molar-refractivity contribution in [3.63, 3.8) is 0 Å². The maximum Gasteiger partial charge on any atom is 0.311 e. The molecule has 3 N–H and O–H groups in total. The van der Waals surface area contributed by atoms with Crippen molar-refractivity contribution in [2.75, 3.05) is 20.2 Å². The Morgan fingerprint density at radius 2 is 2.20 bits per heavy atom. The SMILES string of the molecule is COc1ccc(C(=O)NCC(F)(F)CN)cc1[N+](=O)[O-]. The molecular weight excluding hydrogens is 276 g/mol. The lowest BCUT2D eigenvalue weighted by atomic mass is 10.1. The van der Waals surface area contributed by atoms with Gasteiger partial charge in [0.2, 0.25) is 0 Å². The van der Waals surface area contributed by atoms with Gasteiger partial charge in [0.25, 0.3) is 11.8 Å². The summed E-state index contributed by atoms with van der Waals surface area (Å²) in [6, 6.07) is 3.41. The van der Waals surface area contributed by atoms with Crippen LogP contribution in [0.2, 0.25) is 0 Å². The first-order valence-corrected chi connectivity index (χ1v) is 5.49. The van der Waals surface area contributed by atoms with Crippen molar-refractivity contribution in [1.29, 1.82) is 0 Å². The predicted octanol–water partition coefficient (Wildman–Crippen LogP) is 0.927. The van der Waals surface area contributed by atoms with Gasteiger partial charge in [-0.2, -0.15) is 0 Å². The normalized spacial score (nSPS) is 11.0. The fourth-order valence-corrected chi connectivity index (χ4v) is 1.36. The molecule has 7 nitrogen and oxygen atoms in total. The fourth-order valence-electron chi connectivity index (χ4n) is 1.36. The number of nitrogens with zero attached hydrogens (tertiary/aromatic N) is 1. The number of methoxy groups -OCH3 is 1. The summed E-state index contributed by atoms with van der Waals surface area (Å²) in [4.78, 5) is 21.7. The first-order valence-electron chi connectivity index (χ1n) is 5.49. The van der Waals surface area contributed by atoms with Crippen molar-refractivity contribution < 1.29 is 23.2 Å². The molecule has 0 unspecified atom stereocenters. The van der Waals surface area contributed by atoms with Crippen molar-refractivity contribution in [2.45, 2.75) is 5.92 Å². The van der Waals surface area contributed by atoms with Crippen molar-refractivity contribution in [3.8, 4) is 5.75 Å². The molecule has 0 aliphatic rings. The van der Waals surface area contributed by atoms with E-state index in [-0.39, 0.29) is 11.3 Å². The zero-order valence-electron chi connectivity index (χ0n) is 10.6. The monoisotopic (exact) mass is 289 g/mol. The van der Waals surface area contributed by atoms with Gasteiger partial charge in [0.1, 0.15) is 0 Å². The first kappa shape index (κ1) is 15.8. The summed E-state index contributed by atoms with van der Waals surface area (Å²) in [5, 5.41) is 12.7. The van der Waals surface area contributed by atoms with Gasteiger partial charge in [0, 0.05) is 11.6 Å². The van der Waals surface area contributed by atoms with Gasteiger partial charge in [-0.25, -0.2) is 8.78 Å². The molecule has 0 atom stereocenters. The second-order valence-corrected chi connectivity index (χ2v) is 3.89. The smallest absolute Gasteiger partial charge is 0.311 e. The molecule has 0 spiro atoms. The standard InChI is InChI=1S/C11H13F2N3O4/c1-20-9-3-2-7(4-8(9)16(18)19)10(17)15-6-11(12,13)5-14/h2-4H,5-6,14H2,1H3,(H,15,17). The first-order chi connectivity index (χ1) is 9.30. The van der Waals surface area contributed by atoms with Crippen LogP contribution in [0.4, 0.5) is 14.5 Å². The van der Waals surface area contributed by atoms with Crippen LogP contribution in [0, 0.1) is 10.1 Å². The van der Waals surface area contributed by atoms with Gasteiger partial charge >= 0.3 is 5.69 Å². The number of carbonyl (C=O) groups is 1. The number of ether oxygens (including phenoxy) is 1. The Labute approximate surface area is 112 Å². The second-order valence-electron chi connectivity index (χ2n) is 3.89. The topological polar surface area (TPSA) is 107 Å². The number of carbonyl (C=O) groups excluding carboxylic acids is 1. The Morgan fingerprint density at radius 3 is 2.70 bits per heavy atom. The van der Waals surface area contributed by atoms with E-state index < -0.39 is 35.5 Å². The molecule has 9 heteroatoms. The number of rotatable bonds is 6. The quantitative estimate of drug-likeness (QED) is 0.598. The largest absolute Gasteiger partial charge is 0.490 e. The van der Waals surface area contributed by atoms with E-state index in [0.717, 1.165) is 6.07 Å². The highest BCUT2D eigenvalue weighted by atomic mass is 19.3.